The SMILES string of the molecule is CC(C)C[C@@H](C([NH])=O)N1C(=O)CCC1=O. The van der Waals surface area contributed by atoms with Gasteiger partial charge in [-0.3, -0.25) is 25.0 Å². The van der Waals surface area contributed by atoms with E-state index in [0.29, 0.717) is 6.42 Å². The van der Waals surface area contributed by atoms with E-state index in [0.717, 1.165) is 4.90 Å². The van der Waals surface area contributed by atoms with Gasteiger partial charge in [-0.2, -0.15) is 0 Å². The molecular weight excluding hydrogens is 196 g/mol. The van der Waals surface area contributed by atoms with Crippen LogP contribution in [0, 0.1) is 5.92 Å². The molecule has 1 aliphatic rings. The summed E-state index contributed by atoms with van der Waals surface area (Å²) in [5.74, 6) is -1.34. The normalized spacial score (nSPS) is 18.7. The first kappa shape index (κ1) is 11.7. The van der Waals surface area contributed by atoms with E-state index in [-0.39, 0.29) is 30.6 Å². The second kappa shape index (κ2) is 4.42. The largest absolute Gasteiger partial charge is 0.274 e. The molecule has 1 saturated heterocycles. The summed E-state index contributed by atoms with van der Waals surface area (Å²) in [5.41, 5.74) is 7.09. The number of nitrogens with one attached hydrogen (secondary N) is 1. The maximum absolute atomic E-state index is 11.4. The van der Waals surface area contributed by atoms with E-state index in [4.69, 9.17) is 5.73 Å². The van der Waals surface area contributed by atoms with Crippen LogP contribution in [0.15, 0.2) is 0 Å². The topological polar surface area (TPSA) is 78.2 Å². The molecule has 0 aromatic carbocycles. The van der Waals surface area contributed by atoms with Gasteiger partial charge >= 0.3 is 0 Å². The lowest BCUT2D eigenvalue weighted by Gasteiger charge is -2.24. The average Bonchev–Trinajstić information content (AvgIpc) is 2.42. The first-order chi connectivity index (χ1) is 6.93. The Morgan fingerprint density at radius 2 is 1.80 bits per heavy atom. The van der Waals surface area contributed by atoms with Crippen molar-refractivity contribution in [3.8, 4) is 0 Å². The molecule has 0 aromatic rings. The van der Waals surface area contributed by atoms with Gasteiger partial charge in [-0.15, -0.1) is 0 Å². The highest BCUT2D eigenvalue weighted by molar-refractivity contribution is 6.05. The van der Waals surface area contributed by atoms with Crippen LogP contribution in [0.4, 0.5) is 0 Å². The van der Waals surface area contributed by atoms with Crippen LogP contribution in [0.5, 0.6) is 0 Å². The average molecular weight is 211 g/mol. The summed E-state index contributed by atoms with van der Waals surface area (Å²) in [7, 11) is 0. The first-order valence-electron chi connectivity index (χ1n) is 5.03. The number of carbonyl (C=O) groups is 3. The zero-order valence-corrected chi connectivity index (χ0v) is 8.95. The van der Waals surface area contributed by atoms with Crippen molar-refractivity contribution in [1.29, 1.82) is 0 Å². The van der Waals surface area contributed by atoms with E-state index < -0.39 is 11.9 Å². The van der Waals surface area contributed by atoms with E-state index in [1.807, 2.05) is 13.8 Å². The molecule has 1 N–H and O–H groups in total. The summed E-state index contributed by atoms with van der Waals surface area (Å²) >= 11 is 0. The Balaban J connectivity index is 2.83. The standard InChI is InChI=1S/C10H15N2O3/c1-6(2)5-7(10(11)15)12-8(13)3-4-9(12)14/h6-7,11H,3-5H2,1-2H3/t7-/m0/s1. The third kappa shape index (κ3) is 2.55. The molecule has 0 saturated carbocycles. The molecule has 1 heterocycles. The van der Waals surface area contributed by atoms with E-state index >= 15 is 0 Å². The second-order valence-corrected chi connectivity index (χ2v) is 4.17. The van der Waals surface area contributed by atoms with Gasteiger partial charge in [0.25, 0.3) is 5.91 Å². The molecule has 0 unspecified atom stereocenters. The predicted octanol–water partition coefficient (Wildman–Crippen LogP) is 0.360. The highest BCUT2D eigenvalue weighted by atomic mass is 16.2. The van der Waals surface area contributed by atoms with Crippen LogP contribution >= 0.6 is 0 Å². The maximum Gasteiger partial charge on any atom is 0.261 e. The van der Waals surface area contributed by atoms with Crippen molar-refractivity contribution in [3.05, 3.63) is 0 Å². The minimum Gasteiger partial charge on any atom is -0.274 e. The first-order valence-corrected chi connectivity index (χ1v) is 5.03. The molecule has 0 aliphatic carbocycles. The van der Waals surface area contributed by atoms with E-state index in [1.165, 1.54) is 0 Å². The van der Waals surface area contributed by atoms with Crippen LogP contribution < -0.4 is 5.73 Å². The Labute approximate surface area is 88.6 Å². The lowest BCUT2D eigenvalue weighted by molar-refractivity contribution is -0.146. The molecule has 5 heteroatoms. The highest BCUT2D eigenvalue weighted by Gasteiger charge is 2.38. The van der Waals surface area contributed by atoms with E-state index in [9.17, 15) is 14.4 Å². The van der Waals surface area contributed by atoms with Gasteiger partial charge in [-0.05, 0) is 12.3 Å². The van der Waals surface area contributed by atoms with Crippen molar-refractivity contribution in [1.82, 2.24) is 10.6 Å². The highest BCUT2D eigenvalue weighted by Crippen LogP contribution is 2.20. The van der Waals surface area contributed by atoms with Crippen LogP contribution in [-0.2, 0) is 14.4 Å². The van der Waals surface area contributed by atoms with Crippen molar-refractivity contribution < 1.29 is 14.4 Å². The van der Waals surface area contributed by atoms with Gasteiger partial charge in [-0.1, -0.05) is 13.8 Å². The Kier molecular flexibility index (Phi) is 3.44. The van der Waals surface area contributed by atoms with Crippen LogP contribution in [0.1, 0.15) is 33.1 Å². The monoisotopic (exact) mass is 211 g/mol. The van der Waals surface area contributed by atoms with Gasteiger partial charge in [0.15, 0.2) is 0 Å². The third-order valence-electron chi connectivity index (χ3n) is 2.40. The molecule has 15 heavy (non-hydrogen) atoms. The molecule has 1 radical (unpaired) electrons. The molecular formula is C10H15N2O3. The molecule has 5 nitrogen and oxygen atoms in total. The summed E-state index contributed by atoms with van der Waals surface area (Å²) in [6.07, 6.45) is 0.710. The molecule has 3 amide bonds. The minimum absolute atomic E-state index is 0.167. The van der Waals surface area contributed by atoms with Crippen molar-refractivity contribution in [3.63, 3.8) is 0 Å². The van der Waals surface area contributed by atoms with Gasteiger partial charge in [0.05, 0.1) is 0 Å². The maximum atomic E-state index is 11.4. The molecule has 1 fully saturated rings. The summed E-state index contributed by atoms with van der Waals surface area (Å²) in [6.45, 7) is 3.78. The predicted molar refractivity (Wildman–Crippen MR) is 52.4 cm³/mol. The number of hydrogen-bond donors (Lipinski definition) is 0. The van der Waals surface area contributed by atoms with Crippen molar-refractivity contribution in [2.75, 3.05) is 0 Å². The van der Waals surface area contributed by atoms with E-state index in [2.05, 4.69) is 0 Å². The quantitative estimate of drug-likeness (QED) is 0.630. The second-order valence-electron chi connectivity index (χ2n) is 4.17. The lowest BCUT2D eigenvalue weighted by atomic mass is 10.0. The molecule has 1 rings (SSSR count). The number of rotatable bonds is 4. The molecule has 1 aliphatic heterocycles. The molecule has 1 atom stereocenters. The van der Waals surface area contributed by atoms with Gasteiger partial charge < -0.3 is 0 Å². The number of likely N-dealkylation sites (tertiary alicyclic amines) is 1. The van der Waals surface area contributed by atoms with Crippen molar-refractivity contribution in [2.45, 2.75) is 39.2 Å². The minimum atomic E-state index is -0.882. The van der Waals surface area contributed by atoms with Crippen molar-refractivity contribution in [2.24, 2.45) is 5.92 Å². The van der Waals surface area contributed by atoms with Gasteiger partial charge in [0, 0.05) is 12.8 Å². The number of hydrogen-bond acceptors (Lipinski definition) is 3. The zero-order chi connectivity index (χ0) is 11.6. The molecule has 0 aromatic heterocycles. The Bertz CT molecular complexity index is 283. The fourth-order valence-corrected chi connectivity index (χ4v) is 1.72. The van der Waals surface area contributed by atoms with Gasteiger partial charge in [-0.25, -0.2) is 0 Å². The van der Waals surface area contributed by atoms with Crippen molar-refractivity contribution >= 4 is 17.7 Å². The fraction of sp³-hybridized carbons (Fsp3) is 0.700. The Morgan fingerprint density at radius 3 is 2.13 bits per heavy atom. The molecule has 0 spiro atoms. The molecule has 83 valence electrons. The number of imide groups is 1. The van der Waals surface area contributed by atoms with Crippen LogP contribution in [0.25, 0.3) is 0 Å². The summed E-state index contributed by atoms with van der Waals surface area (Å²) in [4.78, 5) is 34.8. The summed E-state index contributed by atoms with van der Waals surface area (Å²) < 4.78 is 0. The van der Waals surface area contributed by atoms with Crippen LogP contribution in [0.2, 0.25) is 0 Å². The van der Waals surface area contributed by atoms with Gasteiger partial charge in [0.1, 0.15) is 6.04 Å². The zero-order valence-electron chi connectivity index (χ0n) is 8.95. The summed E-state index contributed by atoms with van der Waals surface area (Å²) in [6, 6.07) is -0.882. The van der Waals surface area contributed by atoms with E-state index in [1.54, 1.807) is 0 Å². The van der Waals surface area contributed by atoms with Crippen LogP contribution in [0.3, 0.4) is 0 Å². The number of amides is 3. The fourth-order valence-electron chi connectivity index (χ4n) is 1.72. The summed E-state index contributed by atoms with van der Waals surface area (Å²) in [5, 5.41) is 0. The Hall–Kier alpha value is -1.39. The Morgan fingerprint density at radius 1 is 1.33 bits per heavy atom. The number of nitrogens with zero attached hydrogens (tertiary/aromatic N) is 1. The van der Waals surface area contributed by atoms with Gasteiger partial charge in [0.2, 0.25) is 11.8 Å². The number of carbonyl (C=O) groups excluding carboxylic acids is 3. The third-order valence-corrected chi connectivity index (χ3v) is 2.40. The lowest BCUT2D eigenvalue weighted by Crippen LogP contribution is -2.45. The smallest absolute Gasteiger partial charge is 0.261 e. The van der Waals surface area contributed by atoms with Crippen LogP contribution in [-0.4, -0.2) is 28.7 Å². The molecule has 0 bridgehead atoms.